The summed E-state index contributed by atoms with van der Waals surface area (Å²) in [6, 6.07) is 0. The molecule has 0 aromatic heterocycles. The number of amides is 2. The molecule has 1 aliphatic heterocycles. The van der Waals surface area contributed by atoms with E-state index in [9.17, 15) is 35.9 Å². The Morgan fingerprint density at radius 3 is 1.14 bits per heavy atom. The third-order valence-electron chi connectivity index (χ3n) is 1.57. The Kier molecular flexibility index (Phi) is 8.82. The smallest absolute Gasteiger partial charge is 0.475 e. The first-order chi connectivity index (χ1) is 9.67. The van der Waals surface area contributed by atoms with Gasteiger partial charge in [-0.2, -0.15) is 26.3 Å². The molecule has 0 aromatic carbocycles. The molecule has 22 heavy (non-hydrogen) atoms. The minimum absolute atomic E-state index is 0.138. The van der Waals surface area contributed by atoms with E-state index in [1.54, 1.807) is 0 Å². The van der Waals surface area contributed by atoms with Crippen LogP contribution in [0.2, 0.25) is 0 Å². The molecular weight excluding hydrogens is 332 g/mol. The number of hydrogen-bond donors (Lipinski definition) is 3. The number of piperidine rings is 1. The SMILES string of the molecule is O=C(O)C(F)(F)F.O=C(O)C(F)(F)F.O=C1CCCC(=O)N1. The van der Waals surface area contributed by atoms with Crippen LogP contribution in [-0.4, -0.2) is 46.3 Å². The molecule has 1 fully saturated rings. The average molecular weight is 341 g/mol. The summed E-state index contributed by atoms with van der Waals surface area (Å²) in [5, 5.41) is 16.5. The van der Waals surface area contributed by atoms with Crippen LogP contribution in [0.5, 0.6) is 0 Å². The number of hydrogen-bond acceptors (Lipinski definition) is 4. The lowest BCUT2D eigenvalue weighted by atomic mass is 10.1. The molecule has 1 saturated heterocycles. The standard InChI is InChI=1S/C5H7NO2.2C2HF3O2/c7-4-2-1-3-5(8)6-4;2*3-2(4,5)1(6)7/h1-3H2,(H,6,7,8);2*(H,6,7). The number of aliphatic carboxylic acids is 2. The van der Waals surface area contributed by atoms with Gasteiger partial charge in [0.25, 0.3) is 0 Å². The van der Waals surface area contributed by atoms with E-state index in [-0.39, 0.29) is 11.8 Å². The van der Waals surface area contributed by atoms with Gasteiger partial charge in [0.2, 0.25) is 11.8 Å². The molecule has 1 heterocycles. The molecule has 128 valence electrons. The van der Waals surface area contributed by atoms with Crippen LogP contribution in [0.25, 0.3) is 0 Å². The minimum Gasteiger partial charge on any atom is -0.475 e. The summed E-state index contributed by atoms with van der Waals surface area (Å²) in [6.45, 7) is 0. The maximum Gasteiger partial charge on any atom is 0.490 e. The number of rotatable bonds is 0. The van der Waals surface area contributed by atoms with Gasteiger partial charge >= 0.3 is 24.3 Å². The molecule has 0 aliphatic carbocycles. The van der Waals surface area contributed by atoms with Crippen molar-refractivity contribution in [3.63, 3.8) is 0 Å². The van der Waals surface area contributed by atoms with Gasteiger partial charge in [0.05, 0.1) is 0 Å². The normalized spacial score (nSPS) is 14.6. The lowest BCUT2D eigenvalue weighted by Gasteiger charge is -2.07. The molecular formula is C9H9F6NO6. The minimum atomic E-state index is -5.08. The van der Waals surface area contributed by atoms with Crippen LogP contribution in [0.4, 0.5) is 26.3 Å². The van der Waals surface area contributed by atoms with Crippen molar-refractivity contribution >= 4 is 23.8 Å². The molecule has 0 saturated carbocycles. The fourth-order valence-corrected chi connectivity index (χ4v) is 0.690. The molecule has 13 heteroatoms. The van der Waals surface area contributed by atoms with Gasteiger partial charge in [0.15, 0.2) is 0 Å². The highest BCUT2D eigenvalue weighted by molar-refractivity contribution is 5.97. The number of imide groups is 1. The molecule has 0 bridgehead atoms. The van der Waals surface area contributed by atoms with E-state index in [2.05, 4.69) is 5.32 Å². The van der Waals surface area contributed by atoms with E-state index in [0.717, 1.165) is 0 Å². The summed E-state index contributed by atoms with van der Waals surface area (Å²) >= 11 is 0. The Hall–Kier alpha value is -2.34. The maximum atomic E-state index is 10.6. The third-order valence-corrected chi connectivity index (χ3v) is 1.57. The second-order valence-corrected chi connectivity index (χ2v) is 3.43. The van der Waals surface area contributed by atoms with Crippen LogP contribution in [0, 0.1) is 0 Å². The molecule has 0 aromatic rings. The predicted octanol–water partition coefficient (Wildman–Crippen LogP) is 1.08. The van der Waals surface area contributed by atoms with Crippen molar-refractivity contribution in [3.05, 3.63) is 0 Å². The monoisotopic (exact) mass is 341 g/mol. The van der Waals surface area contributed by atoms with E-state index in [4.69, 9.17) is 19.8 Å². The van der Waals surface area contributed by atoms with Crippen molar-refractivity contribution in [2.45, 2.75) is 31.6 Å². The van der Waals surface area contributed by atoms with Crippen molar-refractivity contribution < 1.29 is 55.7 Å². The Balaban J connectivity index is 0. The van der Waals surface area contributed by atoms with E-state index >= 15 is 0 Å². The Labute approximate surface area is 117 Å². The summed E-state index contributed by atoms with van der Waals surface area (Å²) in [5.74, 6) is -5.79. The van der Waals surface area contributed by atoms with Gasteiger partial charge in [-0.05, 0) is 6.42 Å². The molecule has 0 unspecified atom stereocenters. The molecule has 1 rings (SSSR count). The first kappa shape index (κ1) is 21.9. The van der Waals surface area contributed by atoms with Crippen molar-refractivity contribution in [1.29, 1.82) is 0 Å². The average Bonchev–Trinajstić information content (AvgIpc) is 2.27. The highest BCUT2D eigenvalue weighted by Crippen LogP contribution is 2.13. The van der Waals surface area contributed by atoms with Gasteiger partial charge in [-0.3, -0.25) is 14.9 Å². The molecule has 3 N–H and O–H groups in total. The fraction of sp³-hybridized carbons (Fsp3) is 0.556. The van der Waals surface area contributed by atoms with E-state index in [1.807, 2.05) is 0 Å². The summed E-state index contributed by atoms with van der Waals surface area (Å²) in [6.07, 6.45) is -8.44. The molecule has 1 aliphatic rings. The number of carboxylic acids is 2. The second-order valence-electron chi connectivity index (χ2n) is 3.43. The van der Waals surface area contributed by atoms with Crippen LogP contribution in [0.3, 0.4) is 0 Å². The number of halogens is 6. The van der Waals surface area contributed by atoms with Crippen molar-refractivity contribution in [3.8, 4) is 0 Å². The van der Waals surface area contributed by atoms with Gasteiger partial charge in [-0.15, -0.1) is 0 Å². The van der Waals surface area contributed by atoms with Crippen molar-refractivity contribution in [2.24, 2.45) is 0 Å². The van der Waals surface area contributed by atoms with Gasteiger partial charge in [0.1, 0.15) is 0 Å². The summed E-state index contributed by atoms with van der Waals surface area (Å²) in [5.41, 5.74) is 0. The largest absolute Gasteiger partial charge is 0.490 e. The molecule has 0 radical (unpaired) electrons. The maximum absolute atomic E-state index is 10.6. The Morgan fingerprint density at radius 2 is 1.05 bits per heavy atom. The lowest BCUT2D eigenvalue weighted by molar-refractivity contribution is -0.193. The highest BCUT2D eigenvalue weighted by atomic mass is 19.4. The highest BCUT2D eigenvalue weighted by Gasteiger charge is 2.38. The van der Waals surface area contributed by atoms with Gasteiger partial charge in [-0.25, -0.2) is 9.59 Å². The number of carboxylic acid groups (broad SMARTS) is 2. The third kappa shape index (κ3) is 12.7. The lowest BCUT2D eigenvalue weighted by Crippen LogP contribution is -2.33. The zero-order chi connectivity index (χ0) is 18.1. The summed E-state index contributed by atoms with van der Waals surface area (Å²) in [4.78, 5) is 38.5. The quantitative estimate of drug-likeness (QED) is 0.448. The van der Waals surface area contributed by atoms with E-state index < -0.39 is 24.3 Å². The van der Waals surface area contributed by atoms with Crippen LogP contribution >= 0.6 is 0 Å². The predicted molar refractivity (Wildman–Crippen MR) is 54.4 cm³/mol. The van der Waals surface area contributed by atoms with Crippen LogP contribution in [0.15, 0.2) is 0 Å². The number of nitrogens with one attached hydrogen (secondary N) is 1. The first-order valence-corrected chi connectivity index (χ1v) is 5.10. The first-order valence-electron chi connectivity index (χ1n) is 5.10. The van der Waals surface area contributed by atoms with E-state index in [1.165, 1.54) is 0 Å². The van der Waals surface area contributed by atoms with Crippen LogP contribution in [-0.2, 0) is 19.2 Å². The van der Waals surface area contributed by atoms with Gasteiger partial charge < -0.3 is 10.2 Å². The number of carbonyl (C=O) groups is 4. The van der Waals surface area contributed by atoms with E-state index in [0.29, 0.717) is 19.3 Å². The van der Waals surface area contributed by atoms with Crippen LogP contribution < -0.4 is 5.32 Å². The Bertz CT molecular complexity index is 391. The molecule has 7 nitrogen and oxygen atoms in total. The fourth-order valence-electron chi connectivity index (χ4n) is 0.690. The second kappa shape index (κ2) is 8.84. The van der Waals surface area contributed by atoms with Crippen molar-refractivity contribution in [1.82, 2.24) is 5.32 Å². The van der Waals surface area contributed by atoms with Crippen LogP contribution in [0.1, 0.15) is 19.3 Å². The topological polar surface area (TPSA) is 121 Å². The van der Waals surface area contributed by atoms with Crippen molar-refractivity contribution in [2.75, 3.05) is 0 Å². The van der Waals surface area contributed by atoms with Gasteiger partial charge in [-0.1, -0.05) is 0 Å². The van der Waals surface area contributed by atoms with Gasteiger partial charge in [0, 0.05) is 12.8 Å². The number of carbonyl (C=O) groups excluding carboxylic acids is 2. The Morgan fingerprint density at radius 1 is 0.818 bits per heavy atom. The molecule has 0 spiro atoms. The molecule has 0 atom stereocenters. The summed E-state index contributed by atoms with van der Waals surface area (Å²) < 4.78 is 63.5. The molecule has 2 amide bonds. The number of alkyl halides is 6. The zero-order valence-corrected chi connectivity index (χ0v) is 10.4. The summed E-state index contributed by atoms with van der Waals surface area (Å²) in [7, 11) is 0. The zero-order valence-electron chi connectivity index (χ0n) is 10.4.